The van der Waals surface area contributed by atoms with Crippen molar-refractivity contribution in [3.05, 3.63) is 70.7 Å². The lowest BCUT2D eigenvalue weighted by Gasteiger charge is -2.19. The quantitative estimate of drug-likeness (QED) is 0.600. The van der Waals surface area contributed by atoms with Crippen molar-refractivity contribution in [1.82, 2.24) is 0 Å². The van der Waals surface area contributed by atoms with Gasteiger partial charge in [0.1, 0.15) is 5.75 Å². The third kappa shape index (κ3) is 4.06. The number of halogens is 2. The molecule has 3 rings (SSSR count). The molecule has 1 amide bonds. The Kier molecular flexibility index (Phi) is 5.47. The van der Waals surface area contributed by atoms with E-state index < -0.39 is 6.10 Å². The van der Waals surface area contributed by atoms with Crippen molar-refractivity contribution in [3.8, 4) is 5.75 Å². The summed E-state index contributed by atoms with van der Waals surface area (Å²) in [5.74, 6) is 0.432. The summed E-state index contributed by atoms with van der Waals surface area (Å²) in [7, 11) is 0. The molecule has 0 saturated carbocycles. The molecule has 128 valence electrons. The summed E-state index contributed by atoms with van der Waals surface area (Å²) in [6, 6.07) is 18.6. The van der Waals surface area contributed by atoms with Crippen molar-refractivity contribution in [2.24, 2.45) is 0 Å². The zero-order chi connectivity index (χ0) is 17.8. The number of hydrogen-bond donors (Lipinski definition) is 1. The average Bonchev–Trinajstić information content (AvgIpc) is 2.62. The number of carbonyl (C=O) groups is 1. The first-order chi connectivity index (χ1) is 12.1. The SMILES string of the molecule is CCC(Oc1cccc2ccccc12)C(=O)Nc1ccc(Cl)cc1Cl. The molecule has 1 N–H and O–H groups in total. The van der Waals surface area contributed by atoms with Gasteiger partial charge in [-0.25, -0.2) is 0 Å². The molecule has 0 aromatic heterocycles. The number of ether oxygens (including phenoxy) is 1. The number of benzene rings is 3. The highest BCUT2D eigenvalue weighted by atomic mass is 35.5. The molecule has 0 spiro atoms. The van der Waals surface area contributed by atoms with Crippen molar-refractivity contribution in [2.45, 2.75) is 19.4 Å². The second-order valence-electron chi connectivity index (χ2n) is 5.61. The fourth-order valence-electron chi connectivity index (χ4n) is 2.58. The van der Waals surface area contributed by atoms with E-state index in [2.05, 4.69) is 5.32 Å². The van der Waals surface area contributed by atoms with E-state index >= 15 is 0 Å². The number of anilines is 1. The van der Waals surface area contributed by atoms with E-state index in [1.807, 2.05) is 49.4 Å². The predicted molar refractivity (Wildman–Crippen MR) is 104 cm³/mol. The van der Waals surface area contributed by atoms with Crippen LogP contribution in [0.3, 0.4) is 0 Å². The van der Waals surface area contributed by atoms with Crippen LogP contribution in [0.4, 0.5) is 5.69 Å². The molecule has 3 aromatic rings. The fourth-order valence-corrected chi connectivity index (χ4v) is 3.03. The molecule has 5 heteroatoms. The Morgan fingerprint density at radius 2 is 1.84 bits per heavy atom. The van der Waals surface area contributed by atoms with Crippen LogP contribution in [0.2, 0.25) is 10.0 Å². The third-order valence-electron chi connectivity index (χ3n) is 3.87. The minimum absolute atomic E-state index is 0.250. The maximum atomic E-state index is 12.6. The zero-order valence-corrected chi connectivity index (χ0v) is 15.1. The van der Waals surface area contributed by atoms with Crippen LogP contribution >= 0.6 is 23.2 Å². The molecule has 0 aliphatic rings. The Balaban J connectivity index is 1.80. The standard InChI is InChI=1S/C20H17Cl2NO2/c1-2-18(20(24)23-17-11-10-14(21)12-16(17)22)25-19-9-5-7-13-6-3-4-8-15(13)19/h3-12,18H,2H2,1H3,(H,23,24). The summed E-state index contributed by atoms with van der Waals surface area (Å²) in [6.07, 6.45) is -0.0992. The van der Waals surface area contributed by atoms with Gasteiger partial charge in [0.05, 0.1) is 10.7 Å². The average molecular weight is 374 g/mol. The molecule has 1 atom stereocenters. The maximum Gasteiger partial charge on any atom is 0.265 e. The Bertz CT molecular complexity index is 906. The van der Waals surface area contributed by atoms with Gasteiger partial charge in [-0.05, 0) is 36.1 Å². The minimum Gasteiger partial charge on any atom is -0.480 e. The van der Waals surface area contributed by atoms with E-state index in [-0.39, 0.29) is 5.91 Å². The number of amides is 1. The molecule has 0 aliphatic carbocycles. The normalized spacial score (nSPS) is 12.0. The summed E-state index contributed by atoms with van der Waals surface area (Å²) in [5.41, 5.74) is 0.510. The molecule has 0 radical (unpaired) electrons. The Morgan fingerprint density at radius 1 is 1.08 bits per heavy atom. The van der Waals surface area contributed by atoms with Crippen molar-refractivity contribution in [1.29, 1.82) is 0 Å². The molecule has 3 nitrogen and oxygen atoms in total. The van der Waals surface area contributed by atoms with Gasteiger partial charge in [-0.15, -0.1) is 0 Å². The summed E-state index contributed by atoms with van der Waals surface area (Å²) >= 11 is 12.0. The second kappa shape index (κ2) is 7.77. The van der Waals surface area contributed by atoms with Gasteiger partial charge in [-0.3, -0.25) is 4.79 Å². The largest absolute Gasteiger partial charge is 0.480 e. The number of rotatable bonds is 5. The van der Waals surface area contributed by atoms with Crippen LogP contribution in [0.25, 0.3) is 10.8 Å². The van der Waals surface area contributed by atoms with Gasteiger partial charge in [0.15, 0.2) is 6.10 Å². The summed E-state index contributed by atoms with van der Waals surface area (Å²) in [5, 5.41) is 5.75. The smallest absolute Gasteiger partial charge is 0.265 e. The Morgan fingerprint density at radius 3 is 2.60 bits per heavy atom. The molecule has 0 saturated heterocycles. The van der Waals surface area contributed by atoms with Crippen LogP contribution in [0.5, 0.6) is 5.75 Å². The van der Waals surface area contributed by atoms with Crippen LogP contribution in [-0.2, 0) is 4.79 Å². The fraction of sp³-hybridized carbons (Fsp3) is 0.150. The minimum atomic E-state index is -0.627. The van der Waals surface area contributed by atoms with Gasteiger partial charge in [0.25, 0.3) is 5.91 Å². The number of hydrogen-bond acceptors (Lipinski definition) is 2. The Hall–Kier alpha value is -2.23. The van der Waals surface area contributed by atoms with Gasteiger partial charge in [-0.1, -0.05) is 66.5 Å². The molecule has 25 heavy (non-hydrogen) atoms. The van der Waals surface area contributed by atoms with Gasteiger partial charge < -0.3 is 10.1 Å². The van der Waals surface area contributed by atoms with Crippen molar-refractivity contribution < 1.29 is 9.53 Å². The lowest BCUT2D eigenvalue weighted by atomic mass is 10.1. The lowest BCUT2D eigenvalue weighted by Crippen LogP contribution is -2.32. The van der Waals surface area contributed by atoms with E-state index in [0.717, 1.165) is 10.8 Å². The molecular weight excluding hydrogens is 357 g/mol. The topological polar surface area (TPSA) is 38.3 Å². The van der Waals surface area contributed by atoms with Crippen molar-refractivity contribution in [2.75, 3.05) is 5.32 Å². The lowest BCUT2D eigenvalue weighted by molar-refractivity contribution is -0.122. The zero-order valence-electron chi connectivity index (χ0n) is 13.6. The van der Waals surface area contributed by atoms with E-state index in [4.69, 9.17) is 27.9 Å². The van der Waals surface area contributed by atoms with Crippen LogP contribution in [0, 0.1) is 0 Å². The number of nitrogens with one attached hydrogen (secondary N) is 1. The molecule has 1 unspecified atom stereocenters. The van der Waals surface area contributed by atoms with Crippen LogP contribution < -0.4 is 10.1 Å². The van der Waals surface area contributed by atoms with Crippen LogP contribution in [0.1, 0.15) is 13.3 Å². The summed E-state index contributed by atoms with van der Waals surface area (Å²) in [4.78, 5) is 12.6. The van der Waals surface area contributed by atoms with Crippen LogP contribution in [-0.4, -0.2) is 12.0 Å². The summed E-state index contributed by atoms with van der Waals surface area (Å²) in [6.45, 7) is 1.90. The van der Waals surface area contributed by atoms with Gasteiger partial charge >= 0.3 is 0 Å². The molecular formula is C20H17Cl2NO2. The monoisotopic (exact) mass is 373 g/mol. The van der Waals surface area contributed by atoms with E-state index in [1.54, 1.807) is 18.2 Å². The number of carbonyl (C=O) groups excluding carboxylic acids is 1. The Labute approximate surface area is 156 Å². The first-order valence-electron chi connectivity index (χ1n) is 7.99. The first-order valence-corrected chi connectivity index (χ1v) is 8.74. The number of fused-ring (bicyclic) bond motifs is 1. The van der Waals surface area contributed by atoms with E-state index in [0.29, 0.717) is 27.9 Å². The van der Waals surface area contributed by atoms with E-state index in [9.17, 15) is 4.79 Å². The first kappa shape index (κ1) is 17.6. The molecule has 0 bridgehead atoms. The second-order valence-corrected chi connectivity index (χ2v) is 6.45. The van der Waals surface area contributed by atoms with Gasteiger partial charge in [0, 0.05) is 10.4 Å². The van der Waals surface area contributed by atoms with E-state index in [1.165, 1.54) is 0 Å². The van der Waals surface area contributed by atoms with Crippen LogP contribution in [0.15, 0.2) is 60.7 Å². The molecule has 0 heterocycles. The highest BCUT2D eigenvalue weighted by molar-refractivity contribution is 6.36. The highest BCUT2D eigenvalue weighted by Crippen LogP contribution is 2.28. The molecule has 0 fully saturated rings. The summed E-state index contributed by atoms with van der Waals surface area (Å²) < 4.78 is 5.99. The predicted octanol–water partition coefficient (Wildman–Crippen LogP) is 5.94. The molecule has 3 aromatic carbocycles. The maximum absolute atomic E-state index is 12.6. The van der Waals surface area contributed by atoms with Gasteiger partial charge in [-0.2, -0.15) is 0 Å². The van der Waals surface area contributed by atoms with Crippen molar-refractivity contribution >= 4 is 45.6 Å². The third-order valence-corrected chi connectivity index (χ3v) is 4.42. The highest BCUT2D eigenvalue weighted by Gasteiger charge is 2.20. The van der Waals surface area contributed by atoms with Crippen molar-refractivity contribution in [3.63, 3.8) is 0 Å². The van der Waals surface area contributed by atoms with Gasteiger partial charge in [0.2, 0.25) is 0 Å². The molecule has 0 aliphatic heterocycles.